The fourth-order valence-electron chi connectivity index (χ4n) is 2.91. The van der Waals surface area contributed by atoms with E-state index in [9.17, 15) is 18.3 Å². The van der Waals surface area contributed by atoms with Crippen LogP contribution in [-0.2, 0) is 19.6 Å². The molecule has 1 heterocycles. The Morgan fingerprint density at radius 3 is 2.48 bits per heavy atom. The quantitative estimate of drug-likeness (QED) is 0.637. The maximum absolute atomic E-state index is 12.6. The second kappa shape index (κ2) is 8.14. The fraction of sp³-hybridized carbons (Fsp3) is 0.611. The Labute approximate surface area is 159 Å². The second-order valence-electron chi connectivity index (χ2n) is 7.23. The summed E-state index contributed by atoms with van der Waals surface area (Å²) in [6.45, 7) is 3.69. The smallest absolute Gasteiger partial charge is 0.325 e. The molecular weight excluding hydrogens is 372 g/mol. The molecule has 150 valence electrons. The zero-order valence-corrected chi connectivity index (χ0v) is 16.2. The molecule has 1 aliphatic carbocycles. The van der Waals surface area contributed by atoms with Crippen LogP contribution >= 0.6 is 0 Å². The van der Waals surface area contributed by atoms with Gasteiger partial charge in [0, 0.05) is 19.6 Å². The second-order valence-corrected chi connectivity index (χ2v) is 9.00. The molecule has 1 aliphatic heterocycles. The lowest BCUT2D eigenvalue weighted by Crippen LogP contribution is -2.61. The van der Waals surface area contributed by atoms with Crippen molar-refractivity contribution in [1.29, 1.82) is 0 Å². The zero-order chi connectivity index (χ0) is 19.5. The maximum atomic E-state index is 12.6. The third-order valence-corrected chi connectivity index (χ3v) is 6.51. The van der Waals surface area contributed by atoms with Crippen molar-refractivity contribution in [3.8, 4) is 5.75 Å². The first-order chi connectivity index (χ1) is 12.8. The van der Waals surface area contributed by atoms with Gasteiger partial charge in [0.15, 0.2) is 0 Å². The highest BCUT2D eigenvalue weighted by Crippen LogP contribution is 2.29. The SMILES string of the molecule is C[C@](CNS(=O)(=O)c1ccc(OCC2CC2)cc1)(C(=O)O)N1CCOCC1. The summed E-state index contributed by atoms with van der Waals surface area (Å²) in [6.07, 6.45) is 2.36. The van der Waals surface area contributed by atoms with E-state index < -0.39 is 21.5 Å². The fourth-order valence-corrected chi connectivity index (χ4v) is 4.04. The Balaban J connectivity index is 1.64. The summed E-state index contributed by atoms with van der Waals surface area (Å²) in [5.41, 5.74) is -1.34. The number of aliphatic carboxylic acids is 1. The average molecular weight is 398 g/mol. The van der Waals surface area contributed by atoms with Gasteiger partial charge in [-0.25, -0.2) is 13.1 Å². The highest BCUT2D eigenvalue weighted by molar-refractivity contribution is 7.89. The first-order valence-corrected chi connectivity index (χ1v) is 10.6. The van der Waals surface area contributed by atoms with E-state index in [1.165, 1.54) is 31.9 Å². The number of sulfonamides is 1. The van der Waals surface area contributed by atoms with Crippen molar-refractivity contribution in [1.82, 2.24) is 9.62 Å². The normalized spacial score (nSPS) is 20.8. The van der Waals surface area contributed by atoms with Gasteiger partial charge in [-0.05, 0) is 49.9 Å². The van der Waals surface area contributed by atoms with Crippen LogP contribution in [0.1, 0.15) is 19.8 Å². The molecule has 1 saturated heterocycles. The number of carboxylic acid groups (broad SMARTS) is 1. The molecular formula is C18H26N2O6S. The first-order valence-electron chi connectivity index (χ1n) is 9.10. The summed E-state index contributed by atoms with van der Waals surface area (Å²) in [5.74, 6) is 0.171. The highest BCUT2D eigenvalue weighted by Gasteiger charge is 2.41. The third-order valence-electron chi connectivity index (χ3n) is 5.09. The topological polar surface area (TPSA) is 105 Å². The van der Waals surface area contributed by atoms with Crippen LogP contribution < -0.4 is 9.46 Å². The van der Waals surface area contributed by atoms with Crippen LogP contribution in [0.2, 0.25) is 0 Å². The number of morpholine rings is 1. The van der Waals surface area contributed by atoms with Gasteiger partial charge in [0.25, 0.3) is 0 Å². The summed E-state index contributed by atoms with van der Waals surface area (Å²) in [4.78, 5) is 13.6. The Hall–Kier alpha value is -1.68. The third kappa shape index (κ3) is 4.98. The van der Waals surface area contributed by atoms with Crippen molar-refractivity contribution in [2.24, 2.45) is 5.92 Å². The lowest BCUT2D eigenvalue weighted by Gasteiger charge is -2.40. The van der Waals surface area contributed by atoms with Crippen LogP contribution in [0.15, 0.2) is 29.2 Å². The van der Waals surface area contributed by atoms with Crippen molar-refractivity contribution in [2.75, 3.05) is 39.5 Å². The van der Waals surface area contributed by atoms with E-state index in [0.29, 0.717) is 44.6 Å². The molecule has 0 amide bonds. The van der Waals surface area contributed by atoms with Crippen molar-refractivity contribution in [2.45, 2.75) is 30.2 Å². The van der Waals surface area contributed by atoms with E-state index in [1.54, 1.807) is 17.0 Å². The van der Waals surface area contributed by atoms with Crippen LogP contribution in [0, 0.1) is 5.92 Å². The molecule has 0 aromatic heterocycles. The van der Waals surface area contributed by atoms with Crippen molar-refractivity contribution in [3.63, 3.8) is 0 Å². The number of hydrogen-bond donors (Lipinski definition) is 2. The van der Waals surface area contributed by atoms with Gasteiger partial charge in [-0.2, -0.15) is 0 Å². The summed E-state index contributed by atoms with van der Waals surface area (Å²) in [7, 11) is -3.83. The van der Waals surface area contributed by atoms with Crippen molar-refractivity contribution < 1.29 is 27.8 Å². The minimum absolute atomic E-state index is 0.0796. The van der Waals surface area contributed by atoms with Gasteiger partial charge in [-0.3, -0.25) is 9.69 Å². The van der Waals surface area contributed by atoms with Gasteiger partial charge in [-0.1, -0.05) is 0 Å². The van der Waals surface area contributed by atoms with E-state index in [2.05, 4.69) is 4.72 Å². The Kier molecular flexibility index (Phi) is 6.05. The van der Waals surface area contributed by atoms with E-state index in [-0.39, 0.29) is 11.4 Å². The van der Waals surface area contributed by atoms with E-state index in [1.807, 2.05) is 0 Å². The predicted octanol–water partition coefficient (Wildman–Crippen LogP) is 0.929. The number of hydrogen-bond acceptors (Lipinski definition) is 6. The molecule has 1 aromatic carbocycles. The Bertz CT molecular complexity index is 757. The number of ether oxygens (including phenoxy) is 2. The molecule has 1 atom stereocenters. The molecule has 8 nitrogen and oxygen atoms in total. The first kappa shape index (κ1) is 20.1. The molecule has 2 fully saturated rings. The van der Waals surface area contributed by atoms with Crippen LogP contribution in [0.5, 0.6) is 5.75 Å². The van der Waals surface area contributed by atoms with Gasteiger partial charge in [-0.15, -0.1) is 0 Å². The molecule has 0 unspecified atom stereocenters. The minimum atomic E-state index is -3.83. The Morgan fingerprint density at radius 1 is 1.30 bits per heavy atom. The maximum Gasteiger partial charge on any atom is 0.325 e. The number of carbonyl (C=O) groups is 1. The average Bonchev–Trinajstić information content (AvgIpc) is 3.50. The predicted molar refractivity (Wildman–Crippen MR) is 98.3 cm³/mol. The van der Waals surface area contributed by atoms with Crippen LogP contribution in [-0.4, -0.2) is 69.4 Å². The minimum Gasteiger partial charge on any atom is -0.493 e. The highest BCUT2D eigenvalue weighted by atomic mass is 32.2. The van der Waals surface area contributed by atoms with Gasteiger partial charge < -0.3 is 14.6 Å². The summed E-state index contributed by atoms with van der Waals surface area (Å²) < 4.78 is 38.5. The van der Waals surface area contributed by atoms with Gasteiger partial charge in [0.05, 0.1) is 24.7 Å². The number of benzene rings is 1. The van der Waals surface area contributed by atoms with E-state index in [0.717, 1.165) is 0 Å². The standard InChI is InChI=1S/C18H26N2O6S/c1-18(17(21)22,20-8-10-25-11-9-20)13-19-27(23,24)16-6-4-15(5-7-16)26-12-14-2-3-14/h4-7,14,19H,2-3,8-13H2,1H3,(H,21,22)/t18-/m0/s1. The molecule has 3 rings (SSSR count). The van der Waals surface area contributed by atoms with Gasteiger partial charge in [0.2, 0.25) is 10.0 Å². The monoisotopic (exact) mass is 398 g/mol. The summed E-state index contributed by atoms with van der Waals surface area (Å²) >= 11 is 0. The Morgan fingerprint density at radius 2 is 1.93 bits per heavy atom. The molecule has 0 bridgehead atoms. The summed E-state index contributed by atoms with van der Waals surface area (Å²) in [6, 6.07) is 6.18. The lowest BCUT2D eigenvalue weighted by atomic mass is 10.00. The van der Waals surface area contributed by atoms with Crippen LogP contribution in [0.4, 0.5) is 0 Å². The molecule has 0 spiro atoms. The van der Waals surface area contributed by atoms with Gasteiger partial charge in [0.1, 0.15) is 11.3 Å². The number of carboxylic acids is 1. The molecule has 9 heteroatoms. The number of nitrogens with zero attached hydrogens (tertiary/aromatic N) is 1. The molecule has 27 heavy (non-hydrogen) atoms. The summed E-state index contributed by atoms with van der Waals surface area (Å²) in [5, 5.41) is 9.66. The molecule has 2 N–H and O–H groups in total. The van der Waals surface area contributed by atoms with Gasteiger partial charge >= 0.3 is 5.97 Å². The zero-order valence-electron chi connectivity index (χ0n) is 15.4. The molecule has 2 aliphatic rings. The molecule has 0 radical (unpaired) electrons. The van der Waals surface area contributed by atoms with E-state index in [4.69, 9.17) is 9.47 Å². The molecule has 1 aromatic rings. The van der Waals surface area contributed by atoms with Crippen LogP contribution in [0.25, 0.3) is 0 Å². The van der Waals surface area contributed by atoms with Crippen molar-refractivity contribution >= 4 is 16.0 Å². The molecule has 1 saturated carbocycles. The number of nitrogens with one attached hydrogen (secondary N) is 1. The van der Waals surface area contributed by atoms with Crippen LogP contribution in [0.3, 0.4) is 0 Å². The van der Waals surface area contributed by atoms with E-state index >= 15 is 0 Å². The largest absolute Gasteiger partial charge is 0.493 e. The number of rotatable bonds is 9. The van der Waals surface area contributed by atoms with Crippen molar-refractivity contribution in [3.05, 3.63) is 24.3 Å². The lowest BCUT2D eigenvalue weighted by molar-refractivity contribution is -0.152.